The number of aromatic nitrogens is 2. The quantitative estimate of drug-likeness (QED) is 0.429. The molecule has 10 heteroatoms. The third kappa shape index (κ3) is 6.86. The molecule has 0 radical (unpaired) electrons. The Morgan fingerprint density at radius 3 is 2.66 bits per heavy atom. The second-order valence-electron chi connectivity index (χ2n) is 7.46. The number of carbonyl (C=O) groups excluding carboxylic acids is 2. The number of nitrogens with zero attached hydrogens (tertiary/aromatic N) is 2. The summed E-state index contributed by atoms with van der Waals surface area (Å²) in [6.45, 7) is 2.02. The van der Waals surface area contributed by atoms with Gasteiger partial charge < -0.3 is 20.1 Å². The molecule has 1 aliphatic rings. The first-order valence-electron chi connectivity index (χ1n) is 10.6. The van der Waals surface area contributed by atoms with Crippen LogP contribution in [0.25, 0.3) is 0 Å². The zero-order valence-electron chi connectivity index (χ0n) is 17.8. The third-order valence-electron chi connectivity index (χ3n) is 5.09. The van der Waals surface area contributed by atoms with E-state index in [9.17, 15) is 14.0 Å². The first kappa shape index (κ1) is 23.9. The summed E-state index contributed by atoms with van der Waals surface area (Å²) in [6, 6.07) is 9.40. The Morgan fingerprint density at radius 1 is 1.16 bits per heavy atom. The molecule has 0 saturated heterocycles. The van der Waals surface area contributed by atoms with Crippen molar-refractivity contribution in [2.75, 3.05) is 18.5 Å². The van der Waals surface area contributed by atoms with E-state index in [2.05, 4.69) is 20.6 Å². The lowest BCUT2D eigenvalue weighted by molar-refractivity contribution is -0.144. The zero-order valence-corrected chi connectivity index (χ0v) is 18.5. The van der Waals surface area contributed by atoms with E-state index in [1.165, 1.54) is 0 Å². The molecule has 1 fully saturated rings. The maximum Gasteiger partial charge on any atom is 0.360 e. The Labute approximate surface area is 190 Å². The number of rotatable bonds is 9. The van der Waals surface area contributed by atoms with Gasteiger partial charge in [0.1, 0.15) is 6.61 Å². The molecule has 1 aromatic carbocycles. The van der Waals surface area contributed by atoms with Gasteiger partial charge in [-0.25, -0.2) is 14.2 Å². The Hall–Kier alpha value is -2.78. The van der Waals surface area contributed by atoms with Crippen molar-refractivity contribution in [2.45, 2.75) is 51.3 Å². The molecule has 1 aromatic heterocycles. The molecule has 0 aliphatic heterocycles. The van der Waals surface area contributed by atoms with Gasteiger partial charge >= 0.3 is 11.9 Å². The van der Waals surface area contributed by atoms with Crippen molar-refractivity contribution in [1.29, 1.82) is 0 Å². The maximum atomic E-state index is 14.7. The largest absolute Gasteiger partial charge is 0.461 e. The molecule has 2 atom stereocenters. The van der Waals surface area contributed by atoms with Crippen LogP contribution in [0.2, 0.25) is 5.28 Å². The minimum absolute atomic E-state index is 0.0513. The van der Waals surface area contributed by atoms with Crippen molar-refractivity contribution in [1.82, 2.24) is 15.3 Å². The Bertz CT molecular complexity index is 932. The lowest BCUT2D eigenvalue weighted by Crippen LogP contribution is -2.41. The zero-order chi connectivity index (χ0) is 22.9. The lowest BCUT2D eigenvalue weighted by atomic mass is 9.91. The average Bonchev–Trinajstić information content (AvgIpc) is 2.79. The van der Waals surface area contributed by atoms with Crippen molar-refractivity contribution >= 4 is 29.4 Å². The fraction of sp³-hybridized carbons (Fsp3) is 0.455. The summed E-state index contributed by atoms with van der Waals surface area (Å²) in [5.74, 6) is -2.26. The van der Waals surface area contributed by atoms with Gasteiger partial charge in [0.05, 0.1) is 13.2 Å². The van der Waals surface area contributed by atoms with Crippen LogP contribution in [0, 0.1) is 5.82 Å². The van der Waals surface area contributed by atoms with Gasteiger partial charge in [0.15, 0.2) is 17.3 Å². The van der Waals surface area contributed by atoms with E-state index in [-0.39, 0.29) is 48.9 Å². The molecule has 1 aliphatic carbocycles. The Balaban J connectivity index is 1.51. The number of carbonyl (C=O) groups is 2. The summed E-state index contributed by atoms with van der Waals surface area (Å²) in [5.41, 5.74) is 0.427. The summed E-state index contributed by atoms with van der Waals surface area (Å²) in [7, 11) is 0. The molecule has 2 aromatic rings. The van der Waals surface area contributed by atoms with Crippen molar-refractivity contribution in [2.24, 2.45) is 0 Å². The van der Waals surface area contributed by atoms with Crippen LogP contribution in [0.3, 0.4) is 0 Å². The van der Waals surface area contributed by atoms with Crippen molar-refractivity contribution in [3.8, 4) is 0 Å². The van der Waals surface area contributed by atoms with E-state index in [1.807, 2.05) is 30.3 Å². The monoisotopic (exact) mass is 464 g/mol. The van der Waals surface area contributed by atoms with Gasteiger partial charge in [0.2, 0.25) is 5.28 Å². The molecule has 3 rings (SSSR count). The minimum atomic E-state index is -0.896. The third-order valence-corrected chi connectivity index (χ3v) is 5.25. The first-order valence-corrected chi connectivity index (χ1v) is 10.9. The Morgan fingerprint density at radius 2 is 1.91 bits per heavy atom. The molecule has 1 saturated carbocycles. The molecule has 32 heavy (non-hydrogen) atoms. The number of esters is 2. The average molecular weight is 465 g/mol. The summed E-state index contributed by atoms with van der Waals surface area (Å²) in [6.07, 6.45) is 3.18. The second-order valence-corrected chi connectivity index (χ2v) is 7.79. The van der Waals surface area contributed by atoms with E-state index in [4.69, 9.17) is 21.1 Å². The van der Waals surface area contributed by atoms with Crippen LogP contribution in [0.4, 0.5) is 10.2 Å². The standard InChI is InChI=1S/C22H26ClFN4O4/c1-2-31-21(30)19-18(24)20(28-22(23)27-19)26-16-10-6-9-15(11-16)25-12-17(29)32-13-14-7-4-3-5-8-14/h3-5,7-8,15-16,25H,2,6,9-13H2,1H3,(H,26,27,28)/t15-,16?/m1/s1. The van der Waals surface area contributed by atoms with Crippen LogP contribution >= 0.6 is 11.6 Å². The highest BCUT2D eigenvalue weighted by molar-refractivity contribution is 6.28. The highest BCUT2D eigenvalue weighted by Crippen LogP contribution is 2.25. The van der Waals surface area contributed by atoms with Crippen molar-refractivity contribution < 1.29 is 23.5 Å². The predicted molar refractivity (Wildman–Crippen MR) is 117 cm³/mol. The molecule has 172 valence electrons. The summed E-state index contributed by atoms with van der Waals surface area (Å²) in [4.78, 5) is 31.5. The van der Waals surface area contributed by atoms with E-state index in [1.54, 1.807) is 6.92 Å². The minimum Gasteiger partial charge on any atom is -0.461 e. The topological polar surface area (TPSA) is 102 Å². The smallest absolute Gasteiger partial charge is 0.360 e. The molecule has 1 heterocycles. The fourth-order valence-electron chi connectivity index (χ4n) is 3.57. The van der Waals surface area contributed by atoms with Crippen LogP contribution in [-0.4, -0.2) is 47.1 Å². The van der Waals surface area contributed by atoms with E-state index < -0.39 is 17.5 Å². The number of benzene rings is 1. The molecule has 2 N–H and O–H groups in total. The predicted octanol–water partition coefficient (Wildman–Crippen LogP) is 3.50. The van der Waals surface area contributed by atoms with E-state index >= 15 is 0 Å². The normalized spacial score (nSPS) is 18.1. The molecule has 1 unspecified atom stereocenters. The molecular formula is C22H26ClFN4O4. The molecular weight excluding hydrogens is 439 g/mol. The van der Waals surface area contributed by atoms with Gasteiger partial charge in [-0.1, -0.05) is 30.3 Å². The number of nitrogens with one attached hydrogen (secondary N) is 2. The number of halogens is 2. The number of ether oxygens (including phenoxy) is 2. The second kappa shape index (κ2) is 11.7. The summed E-state index contributed by atoms with van der Waals surface area (Å²) in [5, 5.41) is 5.97. The summed E-state index contributed by atoms with van der Waals surface area (Å²) < 4.78 is 24.8. The SMILES string of the molecule is CCOC(=O)c1nc(Cl)nc(NC2CCC[C@@H](NCC(=O)OCc3ccccc3)C2)c1F. The van der Waals surface area contributed by atoms with Crippen molar-refractivity contribution in [3.05, 3.63) is 52.7 Å². The van der Waals surface area contributed by atoms with E-state index in [0.717, 1.165) is 24.8 Å². The molecule has 8 nitrogen and oxygen atoms in total. The lowest BCUT2D eigenvalue weighted by Gasteiger charge is -2.30. The first-order chi connectivity index (χ1) is 15.5. The van der Waals surface area contributed by atoms with Gasteiger partial charge in [-0.3, -0.25) is 4.79 Å². The number of hydrogen-bond acceptors (Lipinski definition) is 8. The van der Waals surface area contributed by atoms with Crippen LogP contribution in [0.1, 0.15) is 48.7 Å². The van der Waals surface area contributed by atoms with Gasteiger partial charge in [-0.2, -0.15) is 4.98 Å². The summed E-state index contributed by atoms with van der Waals surface area (Å²) >= 11 is 5.87. The fourth-order valence-corrected chi connectivity index (χ4v) is 3.74. The van der Waals surface area contributed by atoms with Crippen LogP contribution in [-0.2, 0) is 20.9 Å². The molecule has 0 amide bonds. The van der Waals surface area contributed by atoms with Gasteiger partial charge in [0, 0.05) is 12.1 Å². The highest BCUT2D eigenvalue weighted by atomic mass is 35.5. The maximum absolute atomic E-state index is 14.7. The van der Waals surface area contributed by atoms with Gasteiger partial charge in [-0.15, -0.1) is 0 Å². The van der Waals surface area contributed by atoms with E-state index in [0.29, 0.717) is 6.42 Å². The molecule has 0 bridgehead atoms. The van der Waals surface area contributed by atoms with Crippen LogP contribution in [0.15, 0.2) is 30.3 Å². The van der Waals surface area contributed by atoms with Crippen LogP contribution in [0.5, 0.6) is 0 Å². The van der Waals surface area contributed by atoms with Crippen LogP contribution < -0.4 is 10.6 Å². The molecule has 0 spiro atoms. The number of anilines is 1. The van der Waals surface area contributed by atoms with Gasteiger partial charge in [0.25, 0.3) is 0 Å². The van der Waals surface area contributed by atoms with Crippen molar-refractivity contribution in [3.63, 3.8) is 0 Å². The highest BCUT2D eigenvalue weighted by Gasteiger charge is 2.26. The van der Waals surface area contributed by atoms with Gasteiger partial charge in [-0.05, 0) is 49.8 Å². The Kier molecular flexibility index (Phi) is 8.75. The number of hydrogen-bond donors (Lipinski definition) is 2.